The van der Waals surface area contributed by atoms with Crippen molar-refractivity contribution in [3.63, 3.8) is 0 Å². The first-order valence-corrected chi connectivity index (χ1v) is 8.55. The monoisotopic (exact) mass is 340 g/mol. The van der Waals surface area contributed by atoms with Gasteiger partial charge >= 0.3 is 0 Å². The number of carbonyl (C=O) groups excluding carboxylic acids is 1. The van der Waals surface area contributed by atoms with Crippen LogP contribution in [-0.4, -0.2) is 34.2 Å². The summed E-state index contributed by atoms with van der Waals surface area (Å²) < 4.78 is 5.04. The van der Waals surface area contributed by atoms with Crippen molar-refractivity contribution < 1.29 is 9.32 Å². The molecular formula is C17H16N4O2S. The fourth-order valence-electron chi connectivity index (χ4n) is 2.87. The molecular weight excluding hydrogens is 324 g/mol. The van der Waals surface area contributed by atoms with Gasteiger partial charge in [0.1, 0.15) is 11.3 Å². The highest BCUT2D eigenvalue weighted by Gasteiger charge is 2.27. The SMILES string of the molecule is Cc1noc(C)c1C(=O)Nc1ccc(C2=CSC3=NCCN23)cc1. The van der Waals surface area contributed by atoms with E-state index in [1.54, 1.807) is 25.6 Å². The van der Waals surface area contributed by atoms with Gasteiger partial charge in [0.2, 0.25) is 0 Å². The lowest BCUT2D eigenvalue weighted by molar-refractivity contribution is 0.102. The lowest BCUT2D eigenvalue weighted by atomic mass is 10.1. The molecule has 2 aliphatic rings. The van der Waals surface area contributed by atoms with Crippen LogP contribution < -0.4 is 5.32 Å². The number of hydrogen-bond donors (Lipinski definition) is 1. The molecule has 0 atom stereocenters. The highest BCUT2D eigenvalue weighted by atomic mass is 32.2. The fourth-order valence-corrected chi connectivity index (χ4v) is 3.84. The van der Waals surface area contributed by atoms with Crippen molar-refractivity contribution >= 4 is 34.2 Å². The summed E-state index contributed by atoms with van der Waals surface area (Å²) >= 11 is 1.66. The first-order valence-electron chi connectivity index (χ1n) is 7.67. The minimum atomic E-state index is -0.205. The summed E-state index contributed by atoms with van der Waals surface area (Å²) in [7, 11) is 0. The van der Waals surface area contributed by atoms with E-state index in [-0.39, 0.29) is 5.91 Å². The molecule has 0 spiro atoms. The van der Waals surface area contributed by atoms with Crippen LogP contribution in [0.1, 0.15) is 27.4 Å². The van der Waals surface area contributed by atoms with E-state index >= 15 is 0 Å². The third kappa shape index (κ3) is 2.50. The number of benzene rings is 1. The molecule has 24 heavy (non-hydrogen) atoms. The van der Waals surface area contributed by atoms with Gasteiger partial charge in [-0.2, -0.15) is 0 Å². The van der Waals surface area contributed by atoms with Crippen molar-refractivity contribution in [2.24, 2.45) is 4.99 Å². The van der Waals surface area contributed by atoms with E-state index < -0.39 is 0 Å². The van der Waals surface area contributed by atoms with Gasteiger partial charge in [-0.3, -0.25) is 9.79 Å². The smallest absolute Gasteiger partial charge is 0.261 e. The Kier molecular flexibility index (Phi) is 3.65. The number of thioether (sulfide) groups is 1. The first kappa shape index (κ1) is 15.0. The summed E-state index contributed by atoms with van der Waals surface area (Å²) in [6.07, 6.45) is 0. The molecule has 0 bridgehead atoms. The molecule has 0 saturated heterocycles. The van der Waals surface area contributed by atoms with Gasteiger partial charge in [-0.05, 0) is 31.5 Å². The van der Waals surface area contributed by atoms with Crippen LogP contribution in [0.15, 0.2) is 39.2 Å². The van der Waals surface area contributed by atoms with E-state index in [1.807, 2.05) is 24.3 Å². The van der Waals surface area contributed by atoms with E-state index in [4.69, 9.17) is 4.52 Å². The third-order valence-corrected chi connectivity index (χ3v) is 4.97. The average Bonchev–Trinajstić information content (AvgIpc) is 3.24. The van der Waals surface area contributed by atoms with Crippen LogP contribution in [0.5, 0.6) is 0 Å². The van der Waals surface area contributed by atoms with Gasteiger partial charge in [0, 0.05) is 17.6 Å². The second kappa shape index (κ2) is 5.83. The largest absolute Gasteiger partial charge is 0.361 e. The molecule has 0 unspecified atom stereocenters. The number of rotatable bonds is 3. The van der Waals surface area contributed by atoms with Gasteiger partial charge in [0.15, 0.2) is 5.17 Å². The highest BCUT2D eigenvalue weighted by molar-refractivity contribution is 8.16. The van der Waals surface area contributed by atoms with Gasteiger partial charge in [0.05, 0.1) is 17.9 Å². The average molecular weight is 340 g/mol. The summed E-state index contributed by atoms with van der Waals surface area (Å²) in [5, 5.41) is 9.89. The normalized spacial score (nSPS) is 16.0. The molecule has 122 valence electrons. The van der Waals surface area contributed by atoms with Gasteiger partial charge in [-0.15, -0.1) is 0 Å². The number of anilines is 1. The summed E-state index contributed by atoms with van der Waals surface area (Å²) in [5.74, 6) is 0.319. The molecule has 1 aromatic carbocycles. The van der Waals surface area contributed by atoms with Crippen LogP contribution >= 0.6 is 11.8 Å². The number of aromatic nitrogens is 1. The Labute approximate surface area is 143 Å². The van der Waals surface area contributed by atoms with Crippen LogP contribution in [0.3, 0.4) is 0 Å². The van der Waals surface area contributed by atoms with Crippen molar-refractivity contribution in [1.82, 2.24) is 10.1 Å². The molecule has 1 amide bonds. The Balaban J connectivity index is 1.51. The molecule has 0 radical (unpaired) electrons. The third-order valence-electron chi connectivity index (χ3n) is 4.07. The number of amidine groups is 1. The van der Waals surface area contributed by atoms with E-state index in [0.717, 1.165) is 29.5 Å². The molecule has 3 heterocycles. The summed E-state index contributed by atoms with van der Waals surface area (Å²) in [5.41, 5.74) is 4.11. The van der Waals surface area contributed by atoms with Crippen LogP contribution in [-0.2, 0) is 0 Å². The van der Waals surface area contributed by atoms with Crippen LogP contribution in [0.4, 0.5) is 5.69 Å². The lowest BCUT2D eigenvalue weighted by Crippen LogP contribution is -2.19. The number of amides is 1. The van der Waals surface area contributed by atoms with Gasteiger partial charge in [-0.1, -0.05) is 29.1 Å². The maximum atomic E-state index is 12.4. The number of fused-ring (bicyclic) bond motifs is 1. The van der Waals surface area contributed by atoms with Crippen LogP contribution in [0, 0.1) is 13.8 Å². The van der Waals surface area contributed by atoms with Crippen molar-refractivity contribution in [2.45, 2.75) is 13.8 Å². The highest BCUT2D eigenvalue weighted by Crippen LogP contribution is 2.35. The molecule has 4 rings (SSSR count). The Bertz CT molecular complexity index is 848. The zero-order valence-corrected chi connectivity index (χ0v) is 14.2. The Morgan fingerprint density at radius 1 is 1.29 bits per heavy atom. The van der Waals surface area contributed by atoms with E-state index in [2.05, 4.69) is 25.8 Å². The number of nitrogens with one attached hydrogen (secondary N) is 1. The number of aryl methyl sites for hydroxylation is 2. The maximum absolute atomic E-state index is 12.4. The number of hydrogen-bond acceptors (Lipinski definition) is 6. The zero-order chi connectivity index (χ0) is 16.7. The maximum Gasteiger partial charge on any atom is 0.261 e. The minimum Gasteiger partial charge on any atom is -0.361 e. The van der Waals surface area contributed by atoms with Gasteiger partial charge < -0.3 is 14.7 Å². The van der Waals surface area contributed by atoms with Crippen molar-refractivity contribution in [2.75, 3.05) is 18.4 Å². The molecule has 7 heteroatoms. The topological polar surface area (TPSA) is 70.7 Å². The Morgan fingerprint density at radius 3 is 2.79 bits per heavy atom. The van der Waals surface area contributed by atoms with Crippen molar-refractivity contribution in [3.8, 4) is 0 Å². The predicted octanol–water partition coefficient (Wildman–Crippen LogP) is 3.26. The van der Waals surface area contributed by atoms with E-state index in [9.17, 15) is 4.79 Å². The number of aliphatic imine (C=N–C) groups is 1. The molecule has 0 saturated carbocycles. The van der Waals surface area contributed by atoms with Crippen LogP contribution in [0.2, 0.25) is 0 Å². The molecule has 0 aliphatic carbocycles. The van der Waals surface area contributed by atoms with E-state index in [0.29, 0.717) is 17.0 Å². The second-order valence-corrected chi connectivity index (χ2v) is 6.50. The summed E-state index contributed by atoms with van der Waals surface area (Å²) in [6.45, 7) is 5.27. The fraction of sp³-hybridized carbons (Fsp3) is 0.235. The van der Waals surface area contributed by atoms with Crippen LogP contribution in [0.25, 0.3) is 5.70 Å². The van der Waals surface area contributed by atoms with Crippen molar-refractivity contribution in [1.29, 1.82) is 0 Å². The second-order valence-electron chi connectivity index (χ2n) is 5.67. The molecule has 6 nitrogen and oxygen atoms in total. The predicted molar refractivity (Wildman–Crippen MR) is 94.9 cm³/mol. The van der Waals surface area contributed by atoms with E-state index in [1.165, 1.54) is 5.70 Å². The summed E-state index contributed by atoms with van der Waals surface area (Å²) in [4.78, 5) is 19.0. The zero-order valence-electron chi connectivity index (χ0n) is 13.4. The molecule has 1 N–H and O–H groups in total. The Hall–Kier alpha value is -2.54. The summed E-state index contributed by atoms with van der Waals surface area (Å²) in [6, 6.07) is 7.83. The van der Waals surface area contributed by atoms with Gasteiger partial charge in [-0.25, -0.2) is 0 Å². The molecule has 1 aromatic heterocycles. The number of carbonyl (C=O) groups is 1. The minimum absolute atomic E-state index is 0.205. The molecule has 2 aliphatic heterocycles. The molecule has 2 aromatic rings. The van der Waals surface area contributed by atoms with Crippen molar-refractivity contribution in [3.05, 3.63) is 52.3 Å². The molecule has 0 fully saturated rings. The standard InChI is InChI=1S/C17H16N4O2S/c1-10-15(11(2)23-20-10)16(22)19-13-5-3-12(4-6-13)14-9-24-17-18-7-8-21(14)17/h3-6,9H,7-8H2,1-2H3,(H,19,22). The first-order chi connectivity index (χ1) is 11.6. The quantitative estimate of drug-likeness (QED) is 0.928. The number of nitrogens with zero attached hydrogens (tertiary/aromatic N) is 3. The van der Waals surface area contributed by atoms with Gasteiger partial charge in [0.25, 0.3) is 5.91 Å². The Morgan fingerprint density at radius 2 is 2.08 bits per heavy atom. The lowest BCUT2D eigenvalue weighted by Gasteiger charge is -2.16.